The standard InChI is InChI=1S/C13H15N5O/c1-8-4-5-10(9(2)16-8)18-13(19)11-6-15-7-12(14-3)17-11/h4-7H,1-3H3,(H,14,17)(H,18,19). The molecular formula is C13H15N5O. The van der Waals surface area contributed by atoms with Gasteiger partial charge in [-0.2, -0.15) is 0 Å². The number of rotatable bonds is 3. The van der Waals surface area contributed by atoms with E-state index in [0.717, 1.165) is 11.4 Å². The Bertz CT molecular complexity index is 612. The number of aromatic nitrogens is 3. The van der Waals surface area contributed by atoms with E-state index in [1.165, 1.54) is 6.20 Å². The topological polar surface area (TPSA) is 79.8 Å². The van der Waals surface area contributed by atoms with Crippen LogP contribution in [0.25, 0.3) is 0 Å². The minimum absolute atomic E-state index is 0.256. The fourth-order valence-electron chi connectivity index (χ4n) is 1.60. The normalized spacial score (nSPS) is 10.1. The Morgan fingerprint density at radius 3 is 2.63 bits per heavy atom. The first kappa shape index (κ1) is 12.9. The third-order valence-electron chi connectivity index (χ3n) is 2.60. The van der Waals surface area contributed by atoms with Gasteiger partial charge in [0, 0.05) is 12.7 Å². The number of hydrogen-bond acceptors (Lipinski definition) is 5. The lowest BCUT2D eigenvalue weighted by molar-refractivity contribution is 0.102. The number of nitrogens with zero attached hydrogens (tertiary/aromatic N) is 3. The van der Waals surface area contributed by atoms with Gasteiger partial charge in [-0.3, -0.25) is 14.8 Å². The first-order valence-corrected chi connectivity index (χ1v) is 5.85. The Morgan fingerprint density at radius 1 is 1.16 bits per heavy atom. The molecule has 0 radical (unpaired) electrons. The van der Waals surface area contributed by atoms with Gasteiger partial charge in [-0.1, -0.05) is 0 Å². The fourth-order valence-corrected chi connectivity index (χ4v) is 1.60. The van der Waals surface area contributed by atoms with Gasteiger partial charge in [-0.15, -0.1) is 0 Å². The maximum atomic E-state index is 12.1. The van der Waals surface area contributed by atoms with Crippen LogP contribution in [0.2, 0.25) is 0 Å². The van der Waals surface area contributed by atoms with Crippen molar-refractivity contribution in [2.45, 2.75) is 13.8 Å². The third-order valence-corrected chi connectivity index (χ3v) is 2.60. The summed E-state index contributed by atoms with van der Waals surface area (Å²) >= 11 is 0. The van der Waals surface area contributed by atoms with Crippen LogP contribution in [-0.2, 0) is 0 Å². The summed E-state index contributed by atoms with van der Waals surface area (Å²) in [5, 5.41) is 5.61. The summed E-state index contributed by atoms with van der Waals surface area (Å²) in [7, 11) is 1.72. The van der Waals surface area contributed by atoms with E-state index in [1.54, 1.807) is 13.2 Å². The molecule has 6 nitrogen and oxygen atoms in total. The average Bonchev–Trinajstić information content (AvgIpc) is 2.42. The lowest BCUT2D eigenvalue weighted by Gasteiger charge is -2.08. The van der Waals surface area contributed by atoms with E-state index in [2.05, 4.69) is 25.6 Å². The maximum absolute atomic E-state index is 12.1. The SMILES string of the molecule is CNc1cncc(C(=O)Nc2ccc(C)nc2C)n1. The van der Waals surface area contributed by atoms with Crippen molar-refractivity contribution < 1.29 is 4.79 Å². The molecule has 2 rings (SSSR count). The number of nitrogens with one attached hydrogen (secondary N) is 2. The van der Waals surface area contributed by atoms with E-state index in [-0.39, 0.29) is 11.6 Å². The summed E-state index contributed by atoms with van der Waals surface area (Å²) in [5.74, 6) is 0.241. The van der Waals surface area contributed by atoms with E-state index >= 15 is 0 Å². The van der Waals surface area contributed by atoms with Gasteiger partial charge < -0.3 is 10.6 Å². The molecule has 0 atom stereocenters. The number of anilines is 2. The number of carbonyl (C=O) groups is 1. The van der Waals surface area contributed by atoms with E-state index < -0.39 is 0 Å². The molecule has 0 unspecified atom stereocenters. The highest BCUT2D eigenvalue weighted by Crippen LogP contribution is 2.13. The van der Waals surface area contributed by atoms with Gasteiger partial charge >= 0.3 is 0 Å². The molecule has 0 bridgehead atoms. The molecule has 0 aliphatic heterocycles. The van der Waals surface area contributed by atoms with Gasteiger partial charge in [0.15, 0.2) is 0 Å². The van der Waals surface area contributed by atoms with Crippen LogP contribution in [0, 0.1) is 13.8 Å². The van der Waals surface area contributed by atoms with Crippen molar-refractivity contribution in [2.75, 3.05) is 17.7 Å². The minimum atomic E-state index is -0.307. The van der Waals surface area contributed by atoms with Gasteiger partial charge in [0.05, 0.1) is 23.8 Å². The van der Waals surface area contributed by atoms with E-state index in [0.29, 0.717) is 11.5 Å². The molecule has 0 saturated carbocycles. The van der Waals surface area contributed by atoms with Crippen molar-refractivity contribution in [3.63, 3.8) is 0 Å². The Labute approximate surface area is 111 Å². The summed E-state index contributed by atoms with van der Waals surface area (Å²) in [6, 6.07) is 3.67. The smallest absolute Gasteiger partial charge is 0.276 e. The molecular weight excluding hydrogens is 242 g/mol. The zero-order valence-electron chi connectivity index (χ0n) is 11.1. The molecule has 0 aromatic carbocycles. The van der Waals surface area contributed by atoms with E-state index in [1.807, 2.05) is 26.0 Å². The van der Waals surface area contributed by atoms with Crippen LogP contribution >= 0.6 is 0 Å². The second-order valence-electron chi connectivity index (χ2n) is 4.08. The van der Waals surface area contributed by atoms with Crippen molar-refractivity contribution in [3.05, 3.63) is 41.6 Å². The average molecular weight is 257 g/mol. The molecule has 2 N–H and O–H groups in total. The summed E-state index contributed by atoms with van der Waals surface area (Å²) in [6.45, 7) is 3.75. The molecule has 19 heavy (non-hydrogen) atoms. The lowest BCUT2D eigenvalue weighted by Crippen LogP contribution is -2.16. The largest absolute Gasteiger partial charge is 0.372 e. The molecule has 0 aliphatic rings. The second kappa shape index (κ2) is 5.43. The highest BCUT2D eigenvalue weighted by Gasteiger charge is 2.10. The van der Waals surface area contributed by atoms with Crippen LogP contribution in [0.5, 0.6) is 0 Å². The zero-order chi connectivity index (χ0) is 13.8. The van der Waals surface area contributed by atoms with Gasteiger partial charge in [0.25, 0.3) is 5.91 Å². The monoisotopic (exact) mass is 257 g/mol. The molecule has 0 saturated heterocycles. The zero-order valence-corrected chi connectivity index (χ0v) is 11.1. The first-order valence-electron chi connectivity index (χ1n) is 5.85. The van der Waals surface area contributed by atoms with Crippen LogP contribution in [0.15, 0.2) is 24.5 Å². The molecule has 0 aliphatic carbocycles. The Hall–Kier alpha value is -2.50. The van der Waals surface area contributed by atoms with Gasteiger partial charge in [0.1, 0.15) is 11.5 Å². The molecule has 0 fully saturated rings. The highest BCUT2D eigenvalue weighted by atomic mass is 16.1. The number of carbonyl (C=O) groups excluding carboxylic acids is 1. The number of pyridine rings is 1. The lowest BCUT2D eigenvalue weighted by atomic mass is 10.2. The van der Waals surface area contributed by atoms with Crippen LogP contribution in [0.4, 0.5) is 11.5 Å². The predicted molar refractivity (Wildman–Crippen MR) is 73.2 cm³/mol. The van der Waals surface area contributed by atoms with Crippen molar-refractivity contribution in [3.8, 4) is 0 Å². The van der Waals surface area contributed by atoms with E-state index in [4.69, 9.17) is 0 Å². The molecule has 2 aromatic rings. The van der Waals surface area contributed by atoms with Crippen LogP contribution < -0.4 is 10.6 Å². The Kier molecular flexibility index (Phi) is 3.70. The summed E-state index contributed by atoms with van der Waals surface area (Å²) in [4.78, 5) is 24.4. The number of amides is 1. The van der Waals surface area contributed by atoms with Crippen LogP contribution in [0.1, 0.15) is 21.9 Å². The third kappa shape index (κ3) is 3.04. The quantitative estimate of drug-likeness (QED) is 0.876. The molecule has 0 spiro atoms. The predicted octanol–water partition coefficient (Wildman–Crippen LogP) is 1.78. The van der Waals surface area contributed by atoms with Crippen molar-refractivity contribution in [1.29, 1.82) is 0 Å². The maximum Gasteiger partial charge on any atom is 0.276 e. The molecule has 2 heterocycles. The summed E-state index contributed by atoms with van der Waals surface area (Å²) in [6.07, 6.45) is 2.97. The summed E-state index contributed by atoms with van der Waals surface area (Å²) in [5.41, 5.74) is 2.61. The van der Waals surface area contributed by atoms with Crippen molar-refractivity contribution >= 4 is 17.4 Å². The van der Waals surface area contributed by atoms with Gasteiger partial charge in [0.2, 0.25) is 0 Å². The fraction of sp³-hybridized carbons (Fsp3) is 0.231. The second-order valence-corrected chi connectivity index (χ2v) is 4.08. The van der Waals surface area contributed by atoms with Crippen molar-refractivity contribution in [1.82, 2.24) is 15.0 Å². The Balaban J connectivity index is 2.20. The van der Waals surface area contributed by atoms with Crippen LogP contribution in [-0.4, -0.2) is 27.9 Å². The molecule has 98 valence electrons. The molecule has 6 heteroatoms. The van der Waals surface area contributed by atoms with Crippen LogP contribution in [0.3, 0.4) is 0 Å². The molecule has 1 amide bonds. The first-order chi connectivity index (χ1) is 9.10. The van der Waals surface area contributed by atoms with Gasteiger partial charge in [-0.25, -0.2) is 4.98 Å². The molecule has 2 aromatic heterocycles. The highest BCUT2D eigenvalue weighted by molar-refractivity contribution is 6.03. The summed E-state index contributed by atoms with van der Waals surface area (Å²) < 4.78 is 0. The van der Waals surface area contributed by atoms with E-state index in [9.17, 15) is 4.79 Å². The Morgan fingerprint density at radius 2 is 1.95 bits per heavy atom. The van der Waals surface area contributed by atoms with Gasteiger partial charge in [-0.05, 0) is 26.0 Å². The number of aryl methyl sites for hydroxylation is 2. The van der Waals surface area contributed by atoms with Crippen molar-refractivity contribution in [2.24, 2.45) is 0 Å². The number of hydrogen-bond donors (Lipinski definition) is 2. The minimum Gasteiger partial charge on any atom is -0.372 e.